The quantitative estimate of drug-likeness (QED) is 0.800. The van der Waals surface area contributed by atoms with Gasteiger partial charge in [-0.25, -0.2) is 0 Å². The Balaban J connectivity index is 1.67. The van der Waals surface area contributed by atoms with E-state index in [4.69, 9.17) is 17.0 Å². The van der Waals surface area contributed by atoms with Crippen molar-refractivity contribution in [2.45, 2.75) is 45.2 Å². The lowest BCUT2D eigenvalue weighted by Gasteiger charge is -2.16. The van der Waals surface area contributed by atoms with E-state index in [-0.39, 0.29) is 6.04 Å². The van der Waals surface area contributed by atoms with Gasteiger partial charge in [-0.3, -0.25) is 0 Å². The summed E-state index contributed by atoms with van der Waals surface area (Å²) >= 11 is 5.33. The van der Waals surface area contributed by atoms with Crippen molar-refractivity contribution < 1.29 is 4.74 Å². The van der Waals surface area contributed by atoms with Gasteiger partial charge >= 0.3 is 0 Å². The number of hydrogen-bond donors (Lipinski definition) is 2. The van der Waals surface area contributed by atoms with E-state index in [1.54, 1.807) is 7.11 Å². The van der Waals surface area contributed by atoms with E-state index < -0.39 is 0 Å². The van der Waals surface area contributed by atoms with Gasteiger partial charge in [-0.15, -0.1) is 10.2 Å². The molecule has 2 N–H and O–H groups in total. The van der Waals surface area contributed by atoms with Crippen LogP contribution in [0.5, 0.6) is 0 Å². The Kier molecular flexibility index (Phi) is 5.99. The van der Waals surface area contributed by atoms with Crippen LogP contribution >= 0.6 is 12.2 Å². The molecule has 2 aromatic rings. The van der Waals surface area contributed by atoms with E-state index in [1.807, 2.05) is 19.1 Å². The average molecular weight is 359 g/mol. The van der Waals surface area contributed by atoms with Crippen molar-refractivity contribution >= 4 is 23.0 Å². The van der Waals surface area contributed by atoms with Crippen LogP contribution in [0.4, 0.5) is 5.69 Å². The standard InChI is InChI=1S/C18H25N5OS/c1-13(12-24-2)19-18(25)20-15-9-7-14(8-10-15)17-22-21-16-6-4-3-5-11-23(16)17/h7-10,13H,3-6,11-12H2,1-2H3,(H2,19,20,25)/t13-/m1/s1. The smallest absolute Gasteiger partial charge is 0.171 e. The number of nitrogens with zero attached hydrogens (tertiary/aromatic N) is 3. The van der Waals surface area contributed by atoms with Gasteiger partial charge in [-0.1, -0.05) is 6.42 Å². The minimum Gasteiger partial charge on any atom is -0.383 e. The van der Waals surface area contributed by atoms with Crippen molar-refractivity contribution in [3.05, 3.63) is 30.1 Å². The molecule has 1 aromatic carbocycles. The van der Waals surface area contributed by atoms with Gasteiger partial charge in [0.2, 0.25) is 0 Å². The first kappa shape index (κ1) is 17.8. The summed E-state index contributed by atoms with van der Waals surface area (Å²) < 4.78 is 7.36. The van der Waals surface area contributed by atoms with Crippen LogP contribution in [-0.4, -0.2) is 39.6 Å². The highest BCUT2D eigenvalue weighted by Crippen LogP contribution is 2.23. The molecule has 7 heteroatoms. The van der Waals surface area contributed by atoms with Gasteiger partial charge in [0.1, 0.15) is 5.82 Å². The first-order chi connectivity index (χ1) is 12.2. The maximum Gasteiger partial charge on any atom is 0.171 e. The molecule has 0 unspecified atom stereocenters. The van der Waals surface area contributed by atoms with E-state index in [2.05, 4.69) is 37.5 Å². The molecule has 0 fully saturated rings. The first-order valence-electron chi connectivity index (χ1n) is 8.76. The summed E-state index contributed by atoms with van der Waals surface area (Å²) in [7, 11) is 1.68. The van der Waals surface area contributed by atoms with Crippen molar-refractivity contribution in [1.82, 2.24) is 20.1 Å². The topological polar surface area (TPSA) is 64.0 Å². The maximum absolute atomic E-state index is 5.33. The minimum atomic E-state index is 0.163. The Hall–Kier alpha value is -1.99. The van der Waals surface area contributed by atoms with Gasteiger partial charge < -0.3 is 19.9 Å². The van der Waals surface area contributed by atoms with Gasteiger partial charge in [0, 0.05) is 37.4 Å². The Morgan fingerprint density at radius 1 is 1.24 bits per heavy atom. The van der Waals surface area contributed by atoms with Gasteiger partial charge in [-0.05, 0) is 56.2 Å². The molecular formula is C18H25N5OS. The van der Waals surface area contributed by atoms with Crippen LogP contribution < -0.4 is 10.6 Å². The fourth-order valence-electron chi connectivity index (χ4n) is 3.08. The highest BCUT2D eigenvalue weighted by Gasteiger charge is 2.15. The number of benzene rings is 1. The number of fused-ring (bicyclic) bond motifs is 1. The Morgan fingerprint density at radius 2 is 2.04 bits per heavy atom. The van der Waals surface area contributed by atoms with Crippen molar-refractivity contribution in [1.29, 1.82) is 0 Å². The number of aryl methyl sites for hydroxylation is 1. The molecule has 1 aromatic heterocycles. The van der Waals surface area contributed by atoms with E-state index in [0.29, 0.717) is 11.7 Å². The molecule has 0 saturated carbocycles. The molecule has 134 valence electrons. The molecule has 1 aliphatic rings. The van der Waals surface area contributed by atoms with Crippen molar-refractivity contribution in [3.63, 3.8) is 0 Å². The second kappa shape index (κ2) is 8.40. The van der Waals surface area contributed by atoms with E-state index in [9.17, 15) is 0 Å². The normalized spacial score (nSPS) is 15.1. The Labute approximate surface area is 154 Å². The van der Waals surface area contributed by atoms with Crippen molar-refractivity contribution in [2.75, 3.05) is 19.0 Å². The third-order valence-electron chi connectivity index (χ3n) is 4.30. The molecule has 0 aliphatic carbocycles. The summed E-state index contributed by atoms with van der Waals surface area (Å²) in [6, 6.07) is 8.32. The summed E-state index contributed by atoms with van der Waals surface area (Å²) in [5, 5.41) is 15.7. The SMILES string of the molecule is COC[C@@H](C)NC(=S)Nc1ccc(-c2nnc3n2CCCCC3)cc1. The zero-order valence-electron chi connectivity index (χ0n) is 14.8. The second-order valence-electron chi connectivity index (χ2n) is 6.43. The van der Waals surface area contributed by atoms with Crippen LogP contribution in [0.1, 0.15) is 32.0 Å². The molecular weight excluding hydrogens is 334 g/mol. The number of nitrogens with one attached hydrogen (secondary N) is 2. The van der Waals surface area contributed by atoms with Crippen LogP contribution in [0.25, 0.3) is 11.4 Å². The predicted molar refractivity (Wildman–Crippen MR) is 104 cm³/mol. The monoisotopic (exact) mass is 359 g/mol. The molecule has 2 heterocycles. The van der Waals surface area contributed by atoms with Crippen LogP contribution in [0.2, 0.25) is 0 Å². The molecule has 0 amide bonds. The fourth-order valence-corrected chi connectivity index (χ4v) is 3.40. The molecule has 0 saturated heterocycles. The number of thiocarbonyl (C=S) groups is 1. The second-order valence-corrected chi connectivity index (χ2v) is 6.84. The number of hydrogen-bond acceptors (Lipinski definition) is 4. The molecule has 0 spiro atoms. The van der Waals surface area contributed by atoms with Gasteiger partial charge in [-0.2, -0.15) is 0 Å². The number of anilines is 1. The minimum absolute atomic E-state index is 0.163. The van der Waals surface area contributed by atoms with Crippen LogP contribution in [-0.2, 0) is 17.7 Å². The van der Waals surface area contributed by atoms with Crippen molar-refractivity contribution in [3.8, 4) is 11.4 Å². The Morgan fingerprint density at radius 3 is 2.80 bits per heavy atom. The molecule has 3 rings (SSSR count). The van der Waals surface area contributed by atoms with Crippen LogP contribution in [0.15, 0.2) is 24.3 Å². The average Bonchev–Trinajstić information content (AvgIpc) is 2.84. The molecule has 1 aliphatic heterocycles. The summed E-state index contributed by atoms with van der Waals surface area (Å²) in [6.07, 6.45) is 4.67. The van der Waals surface area contributed by atoms with Crippen LogP contribution in [0.3, 0.4) is 0 Å². The molecule has 6 nitrogen and oxygen atoms in total. The first-order valence-corrected chi connectivity index (χ1v) is 9.17. The number of rotatable bonds is 5. The van der Waals surface area contributed by atoms with Gasteiger partial charge in [0.25, 0.3) is 0 Å². The Bertz CT molecular complexity index is 713. The third-order valence-corrected chi connectivity index (χ3v) is 4.52. The third kappa shape index (κ3) is 4.55. The van der Waals surface area contributed by atoms with Gasteiger partial charge in [0.05, 0.1) is 6.61 Å². The zero-order valence-corrected chi connectivity index (χ0v) is 15.6. The van der Waals surface area contributed by atoms with Crippen LogP contribution in [0, 0.1) is 0 Å². The summed E-state index contributed by atoms with van der Waals surface area (Å²) in [5.74, 6) is 2.06. The van der Waals surface area contributed by atoms with E-state index >= 15 is 0 Å². The fraction of sp³-hybridized carbons (Fsp3) is 0.500. The van der Waals surface area contributed by atoms with E-state index in [1.165, 1.54) is 19.3 Å². The number of aromatic nitrogens is 3. The molecule has 1 atom stereocenters. The zero-order chi connectivity index (χ0) is 17.6. The lowest BCUT2D eigenvalue weighted by Crippen LogP contribution is -2.38. The lowest BCUT2D eigenvalue weighted by molar-refractivity contribution is 0.179. The summed E-state index contributed by atoms with van der Waals surface area (Å²) in [4.78, 5) is 0. The number of ether oxygens (including phenoxy) is 1. The van der Waals surface area contributed by atoms with Crippen molar-refractivity contribution in [2.24, 2.45) is 0 Å². The van der Waals surface area contributed by atoms with Gasteiger partial charge in [0.15, 0.2) is 10.9 Å². The molecule has 0 bridgehead atoms. The number of methoxy groups -OCH3 is 1. The molecule has 25 heavy (non-hydrogen) atoms. The maximum atomic E-state index is 5.33. The molecule has 0 radical (unpaired) electrons. The summed E-state index contributed by atoms with van der Waals surface area (Å²) in [5.41, 5.74) is 2.03. The highest BCUT2D eigenvalue weighted by atomic mass is 32.1. The highest BCUT2D eigenvalue weighted by molar-refractivity contribution is 7.80. The largest absolute Gasteiger partial charge is 0.383 e. The van der Waals surface area contributed by atoms with E-state index in [0.717, 1.165) is 35.9 Å². The lowest BCUT2D eigenvalue weighted by atomic mass is 10.2. The summed E-state index contributed by atoms with van der Waals surface area (Å²) in [6.45, 7) is 3.64. The predicted octanol–water partition coefficient (Wildman–Crippen LogP) is 2.99.